The molecule has 1 amide bonds. The highest BCUT2D eigenvalue weighted by molar-refractivity contribution is 5.95. The Morgan fingerprint density at radius 1 is 1.10 bits per heavy atom. The molecule has 112 valence electrons. The zero-order valence-electron chi connectivity index (χ0n) is 13.9. The minimum atomic E-state index is -0.309. The largest absolute Gasteiger partial charge is 0.435 e. The van der Waals surface area contributed by atoms with Crippen LogP contribution in [0.5, 0.6) is 0 Å². The van der Waals surface area contributed by atoms with Crippen molar-refractivity contribution < 1.29 is 9.21 Å². The maximum atomic E-state index is 12.8. The third-order valence-corrected chi connectivity index (χ3v) is 4.79. The van der Waals surface area contributed by atoms with Crippen molar-refractivity contribution in [1.82, 2.24) is 9.88 Å². The molecule has 0 spiro atoms. The Hall–Kier alpha value is -1.32. The summed E-state index contributed by atoms with van der Waals surface area (Å²) in [7, 11) is 0. The molecule has 0 fully saturated rings. The van der Waals surface area contributed by atoms with E-state index in [0.717, 1.165) is 5.69 Å². The van der Waals surface area contributed by atoms with E-state index in [-0.39, 0.29) is 28.8 Å². The average Bonchev–Trinajstić information content (AvgIpc) is 2.71. The fourth-order valence-corrected chi connectivity index (χ4v) is 2.99. The van der Waals surface area contributed by atoms with Gasteiger partial charge >= 0.3 is 0 Å². The van der Waals surface area contributed by atoms with Crippen molar-refractivity contribution in [1.29, 1.82) is 0 Å². The van der Waals surface area contributed by atoms with Gasteiger partial charge in [-0.05, 0) is 27.7 Å². The van der Waals surface area contributed by atoms with Crippen LogP contribution in [0.2, 0.25) is 0 Å². The summed E-state index contributed by atoms with van der Waals surface area (Å²) in [5.74, 6) is 1.21. The molecular formula is C16H26N2O2. The first-order valence-corrected chi connectivity index (χ1v) is 7.36. The molecule has 0 aliphatic carbocycles. The lowest BCUT2D eigenvalue weighted by Crippen LogP contribution is -2.64. The summed E-state index contributed by atoms with van der Waals surface area (Å²) in [5, 5.41) is 0. The van der Waals surface area contributed by atoms with Crippen LogP contribution in [0.3, 0.4) is 0 Å². The Balaban J connectivity index is 2.69. The van der Waals surface area contributed by atoms with Crippen molar-refractivity contribution in [3.8, 4) is 0 Å². The molecule has 0 bridgehead atoms. The zero-order valence-corrected chi connectivity index (χ0v) is 13.9. The summed E-state index contributed by atoms with van der Waals surface area (Å²) < 4.78 is 5.79. The van der Waals surface area contributed by atoms with Crippen LogP contribution in [0.1, 0.15) is 83.4 Å². The number of hydrogen-bond acceptors (Lipinski definition) is 3. The van der Waals surface area contributed by atoms with Crippen LogP contribution in [-0.2, 0) is 5.41 Å². The number of fused-ring (bicyclic) bond motifs is 1. The SMILES string of the molecule is CC(C)c1nc2c(o1)C(=O)N(C(C)C)C(C)(C)C2(C)C. The summed E-state index contributed by atoms with van der Waals surface area (Å²) in [6.07, 6.45) is 0. The van der Waals surface area contributed by atoms with E-state index in [1.54, 1.807) is 0 Å². The van der Waals surface area contributed by atoms with Gasteiger partial charge in [-0.25, -0.2) is 4.98 Å². The van der Waals surface area contributed by atoms with Crippen LogP contribution >= 0.6 is 0 Å². The number of nitrogens with zero attached hydrogens (tertiary/aromatic N) is 2. The van der Waals surface area contributed by atoms with Crippen molar-refractivity contribution in [2.45, 2.75) is 78.3 Å². The van der Waals surface area contributed by atoms with Gasteiger partial charge in [0.05, 0.1) is 0 Å². The fourth-order valence-electron chi connectivity index (χ4n) is 2.99. The van der Waals surface area contributed by atoms with Crippen molar-refractivity contribution in [2.24, 2.45) is 0 Å². The minimum absolute atomic E-state index is 0.0428. The van der Waals surface area contributed by atoms with E-state index in [1.165, 1.54) is 0 Å². The highest BCUT2D eigenvalue weighted by Crippen LogP contribution is 2.46. The van der Waals surface area contributed by atoms with Crippen LogP contribution in [0.15, 0.2) is 4.42 Å². The van der Waals surface area contributed by atoms with Crippen LogP contribution < -0.4 is 0 Å². The quantitative estimate of drug-likeness (QED) is 0.828. The van der Waals surface area contributed by atoms with Gasteiger partial charge in [0.25, 0.3) is 5.91 Å². The molecule has 0 saturated carbocycles. The molecule has 1 aliphatic heterocycles. The molecule has 0 N–H and O–H groups in total. The highest BCUT2D eigenvalue weighted by atomic mass is 16.4. The summed E-state index contributed by atoms with van der Waals surface area (Å²) in [6.45, 7) is 16.6. The molecule has 1 aromatic rings. The minimum Gasteiger partial charge on any atom is -0.435 e. The van der Waals surface area contributed by atoms with Crippen LogP contribution in [0.25, 0.3) is 0 Å². The molecule has 0 aromatic carbocycles. The summed E-state index contributed by atoms with van der Waals surface area (Å²) in [4.78, 5) is 19.3. The zero-order chi connectivity index (χ0) is 15.5. The van der Waals surface area contributed by atoms with Crippen LogP contribution in [-0.4, -0.2) is 27.4 Å². The summed E-state index contributed by atoms with van der Waals surface area (Å²) >= 11 is 0. The third-order valence-electron chi connectivity index (χ3n) is 4.79. The molecule has 20 heavy (non-hydrogen) atoms. The Morgan fingerprint density at radius 2 is 1.65 bits per heavy atom. The van der Waals surface area contributed by atoms with E-state index >= 15 is 0 Å². The van der Waals surface area contributed by atoms with Gasteiger partial charge in [0.1, 0.15) is 5.69 Å². The van der Waals surface area contributed by atoms with E-state index in [4.69, 9.17) is 4.42 Å². The van der Waals surface area contributed by atoms with Gasteiger partial charge in [0.15, 0.2) is 5.89 Å². The van der Waals surface area contributed by atoms with Crippen molar-refractivity contribution >= 4 is 5.91 Å². The predicted molar refractivity (Wildman–Crippen MR) is 79.0 cm³/mol. The van der Waals surface area contributed by atoms with Crippen molar-refractivity contribution in [2.75, 3.05) is 0 Å². The van der Waals surface area contributed by atoms with Gasteiger partial charge < -0.3 is 9.32 Å². The maximum Gasteiger partial charge on any atom is 0.292 e. The number of aromatic nitrogens is 1. The van der Waals surface area contributed by atoms with E-state index < -0.39 is 0 Å². The normalized spacial score (nSPS) is 20.7. The molecular weight excluding hydrogens is 252 g/mol. The van der Waals surface area contributed by atoms with Crippen molar-refractivity contribution in [3.63, 3.8) is 0 Å². The van der Waals surface area contributed by atoms with Gasteiger partial charge in [-0.3, -0.25) is 4.79 Å². The third kappa shape index (κ3) is 1.80. The van der Waals surface area contributed by atoms with E-state index in [1.807, 2.05) is 32.6 Å². The second-order valence-corrected chi connectivity index (χ2v) is 7.34. The molecule has 4 heteroatoms. The number of hydrogen-bond donors (Lipinski definition) is 0. The number of carbonyl (C=O) groups is 1. The monoisotopic (exact) mass is 278 g/mol. The molecule has 0 radical (unpaired) electrons. The smallest absolute Gasteiger partial charge is 0.292 e. The van der Waals surface area contributed by atoms with E-state index in [0.29, 0.717) is 11.7 Å². The Labute approximate surface area is 121 Å². The predicted octanol–water partition coefficient (Wildman–Crippen LogP) is 3.72. The Bertz CT molecular complexity index is 539. The lowest BCUT2D eigenvalue weighted by Gasteiger charge is -2.53. The number of amides is 1. The Kier molecular flexibility index (Phi) is 3.27. The van der Waals surface area contributed by atoms with Gasteiger partial charge in [0.2, 0.25) is 5.76 Å². The van der Waals surface area contributed by atoms with Crippen LogP contribution in [0, 0.1) is 0 Å². The van der Waals surface area contributed by atoms with Crippen LogP contribution in [0.4, 0.5) is 0 Å². The molecule has 1 aliphatic rings. The number of carbonyl (C=O) groups excluding carboxylic acids is 1. The van der Waals surface area contributed by atoms with E-state index in [9.17, 15) is 4.79 Å². The fraction of sp³-hybridized carbons (Fsp3) is 0.750. The first-order chi connectivity index (χ1) is 9.01. The van der Waals surface area contributed by atoms with Crippen molar-refractivity contribution in [3.05, 3.63) is 17.3 Å². The molecule has 0 atom stereocenters. The van der Waals surface area contributed by atoms with Gasteiger partial charge in [-0.15, -0.1) is 0 Å². The second kappa shape index (κ2) is 4.34. The summed E-state index contributed by atoms with van der Waals surface area (Å²) in [6, 6.07) is 0.123. The first kappa shape index (κ1) is 15.1. The molecule has 0 unspecified atom stereocenters. The maximum absolute atomic E-state index is 12.8. The lowest BCUT2D eigenvalue weighted by atomic mass is 9.67. The average molecular weight is 278 g/mol. The lowest BCUT2D eigenvalue weighted by molar-refractivity contribution is 0.00922. The summed E-state index contributed by atoms with van der Waals surface area (Å²) in [5.41, 5.74) is 0.237. The van der Waals surface area contributed by atoms with Gasteiger partial charge in [0, 0.05) is 22.9 Å². The highest BCUT2D eigenvalue weighted by Gasteiger charge is 2.54. The number of rotatable bonds is 2. The number of oxazole rings is 1. The Morgan fingerprint density at radius 3 is 2.10 bits per heavy atom. The van der Waals surface area contributed by atoms with E-state index in [2.05, 4.69) is 32.7 Å². The molecule has 2 rings (SSSR count). The standard InChI is InChI=1S/C16H26N2O2/c1-9(2)13-17-12-11(20-13)14(19)18(10(3)4)16(7,8)15(12,5)6/h9-10H,1-8H3. The molecule has 1 aromatic heterocycles. The second-order valence-electron chi connectivity index (χ2n) is 7.34. The molecule has 2 heterocycles. The van der Waals surface area contributed by atoms with Gasteiger partial charge in [-0.1, -0.05) is 27.7 Å². The topological polar surface area (TPSA) is 46.3 Å². The molecule has 0 saturated heterocycles. The first-order valence-electron chi connectivity index (χ1n) is 7.36. The molecule has 4 nitrogen and oxygen atoms in total. The van der Waals surface area contributed by atoms with Gasteiger partial charge in [-0.2, -0.15) is 0 Å².